The summed E-state index contributed by atoms with van der Waals surface area (Å²) < 4.78 is 38.6. The summed E-state index contributed by atoms with van der Waals surface area (Å²) in [4.78, 5) is 4.35. The van der Waals surface area contributed by atoms with Gasteiger partial charge in [0, 0.05) is 24.6 Å². The molecule has 0 aromatic heterocycles. The lowest BCUT2D eigenvalue weighted by molar-refractivity contribution is 0.594. The molecule has 148 valence electrons. The van der Waals surface area contributed by atoms with Crippen LogP contribution in [0.5, 0.6) is 0 Å². The van der Waals surface area contributed by atoms with Gasteiger partial charge in [-0.15, -0.1) is 24.0 Å². The molecule has 0 saturated heterocycles. The summed E-state index contributed by atoms with van der Waals surface area (Å²) in [7, 11) is -1.75. The normalized spacial score (nSPS) is 11.6. The summed E-state index contributed by atoms with van der Waals surface area (Å²) in [6, 6.07) is 13.0. The molecule has 0 atom stereocenters. The minimum absolute atomic E-state index is 0. The number of nitrogens with one attached hydrogen (secondary N) is 2. The van der Waals surface area contributed by atoms with Gasteiger partial charge < -0.3 is 10.6 Å². The van der Waals surface area contributed by atoms with Crippen LogP contribution in [0.2, 0.25) is 0 Å². The number of guanidine groups is 1. The standard InChI is InChI=1S/C18H21BrFN3O2S.HI/c1-21-18(22-10-9-14-3-2-4-16(20)13-14)23-11-12-26(24,25)17-7-5-15(19)6-8-17;/h2-8,13H,9-12H2,1H3,(H2,21,22,23);1H. The Morgan fingerprint density at radius 2 is 1.78 bits per heavy atom. The second-order valence-electron chi connectivity index (χ2n) is 5.58. The Bertz CT molecular complexity index is 861. The largest absolute Gasteiger partial charge is 0.356 e. The Morgan fingerprint density at radius 3 is 2.41 bits per heavy atom. The van der Waals surface area contributed by atoms with E-state index in [0.29, 0.717) is 18.9 Å². The molecule has 0 unspecified atom stereocenters. The van der Waals surface area contributed by atoms with Crippen LogP contribution >= 0.6 is 39.9 Å². The molecule has 0 heterocycles. The average Bonchev–Trinajstić information content (AvgIpc) is 2.61. The lowest BCUT2D eigenvalue weighted by atomic mass is 10.1. The third-order valence-corrected chi connectivity index (χ3v) is 5.92. The van der Waals surface area contributed by atoms with Crippen LogP contribution in [0, 0.1) is 5.82 Å². The third kappa shape index (κ3) is 8.14. The minimum Gasteiger partial charge on any atom is -0.356 e. The first-order valence-electron chi connectivity index (χ1n) is 8.08. The lowest BCUT2D eigenvalue weighted by Gasteiger charge is -2.12. The fraction of sp³-hybridized carbons (Fsp3) is 0.278. The zero-order chi connectivity index (χ0) is 19.0. The Hall–Kier alpha value is -1.20. The van der Waals surface area contributed by atoms with E-state index >= 15 is 0 Å². The van der Waals surface area contributed by atoms with Crippen molar-refractivity contribution in [2.45, 2.75) is 11.3 Å². The van der Waals surface area contributed by atoms with E-state index in [1.807, 2.05) is 6.07 Å². The highest BCUT2D eigenvalue weighted by molar-refractivity contribution is 14.0. The van der Waals surface area contributed by atoms with Crippen LogP contribution in [0.1, 0.15) is 5.56 Å². The molecule has 0 radical (unpaired) electrons. The molecule has 0 saturated carbocycles. The number of benzene rings is 2. The van der Waals surface area contributed by atoms with Gasteiger partial charge in [0.15, 0.2) is 15.8 Å². The first-order chi connectivity index (χ1) is 12.4. The van der Waals surface area contributed by atoms with E-state index in [1.54, 1.807) is 37.4 Å². The molecule has 27 heavy (non-hydrogen) atoms. The van der Waals surface area contributed by atoms with Crippen molar-refractivity contribution in [3.63, 3.8) is 0 Å². The Labute approximate surface area is 184 Å². The maximum absolute atomic E-state index is 13.1. The molecule has 0 aliphatic heterocycles. The fourth-order valence-corrected chi connectivity index (χ4v) is 3.72. The van der Waals surface area contributed by atoms with E-state index in [-0.39, 0.29) is 47.0 Å². The van der Waals surface area contributed by atoms with Crippen molar-refractivity contribution < 1.29 is 12.8 Å². The molecular weight excluding hydrogens is 548 g/mol. The quantitative estimate of drug-likeness (QED) is 0.305. The van der Waals surface area contributed by atoms with E-state index in [1.165, 1.54) is 12.1 Å². The van der Waals surface area contributed by atoms with Crippen molar-refractivity contribution in [3.05, 3.63) is 64.4 Å². The average molecular weight is 570 g/mol. The Kier molecular flexibility index (Phi) is 10.2. The molecule has 0 aliphatic carbocycles. The molecule has 0 bridgehead atoms. The van der Waals surface area contributed by atoms with Crippen molar-refractivity contribution in [1.29, 1.82) is 0 Å². The van der Waals surface area contributed by atoms with E-state index in [2.05, 4.69) is 31.6 Å². The molecule has 2 rings (SSSR count). The summed E-state index contributed by atoms with van der Waals surface area (Å²) in [5.74, 6) is 0.203. The summed E-state index contributed by atoms with van der Waals surface area (Å²) >= 11 is 3.29. The Balaban J connectivity index is 0.00000364. The fourth-order valence-electron chi connectivity index (χ4n) is 2.30. The molecular formula is C18H22BrFIN3O2S. The van der Waals surface area contributed by atoms with Crippen molar-refractivity contribution in [2.75, 3.05) is 25.9 Å². The summed E-state index contributed by atoms with van der Waals surface area (Å²) in [5, 5.41) is 6.07. The number of hydrogen-bond acceptors (Lipinski definition) is 3. The Morgan fingerprint density at radius 1 is 1.11 bits per heavy atom. The van der Waals surface area contributed by atoms with Gasteiger partial charge in [0.05, 0.1) is 10.6 Å². The van der Waals surface area contributed by atoms with Gasteiger partial charge in [-0.3, -0.25) is 4.99 Å². The van der Waals surface area contributed by atoms with Crippen molar-refractivity contribution in [3.8, 4) is 0 Å². The summed E-state index contributed by atoms with van der Waals surface area (Å²) in [6.45, 7) is 0.792. The number of aliphatic imine (C=N–C) groups is 1. The molecule has 2 N–H and O–H groups in total. The molecule has 0 aliphatic rings. The van der Waals surface area contributed by atoms with Crippen LogP contribution in [0.3, 0.4) is 0 Å². The lowest BCUT2D eigenvalue weighted by Crippen LogP contribution is -2.40. The highest BCUT2D eigenvalue weighted by Gasteiger charge is 2.14. The maximum atomic E-state index is 13.1. The van der Waals surface area contributed by atoms with Gasteiger partial charge >= 0.3 is 0 Å². The van der Waals surface area contributed by atoms with Crippen LogP contribution in [-0.4, -0.2) is 40.3 Å². The topological polar surface area (TPSA) is 70.6 Å². The molecule has 0 spiro atoms. The van der Waals surface area contributed by atoms with E-state index in [4.69, 9.17) is 0 Å². The summed E-state index contributed by atoms with van der Waals surface area (Å²) in [5.41, 5.74) is 0.880. The van der Waals surface area contributed by atoms with E-state index in [9.17, 15) is 12.8 Å². The number of nitrogens with zero attached hydrogens (tertiary/aromatic N) is 1. The second kappa shape index (κ2) is 11.6. The van der Waals surface area contributed by atoms with E-state index < -0.39 is 9.84 Å². The van der Waals surface area contributed by atoms with Crippen LogP contribution in [0.25, 0.3) is 0 Å². The molecule has 9 heteroatoms. The predicted octanol–water partition coefficient (Wildman–Crippen LogP) is 3.39. The van der Waals surface area contributed by atoms with Gasteiger partial charge in [-0.05, 0) is 48.4 Å². The van der Waals surface area contributed by atoms with Crippen LogP contribution in [-0.2, 0) is 16.3 Å². The monoisotopic (exact) mass is 569 g/mol. The highest BCUT2D eigenvalue weighted by Crippen LogP contribution is 2.15. The first-order valence-corrected chi connectivity index (χ1v) is 10.5. The van der Waals surface area contributed by atoms with Gasteiger partial charge in [0.25, 0.3) is 0 Å². The van der Waals surface area contributed by atoms with Gasteiger partial charge in [-0.1, -0.05) is 28.1 Å². The number of hydrogen-bond donors (Lipinski definition) is 2. The number of rotatable bonds is 7. The van der Waals surface area contributed by atoms with Gasteiger partial charge in [0.2, 0.25) is 0 Å². The number of sulfone groups is 1. The highest BCUT2D eigenvalue weighted by atomic mass is 127. The van der Waals surface area contributed by atoms with Crippen LogP contribution in [0.4, 0.5) is 4.39 Å². The van der Waals surface area contributed by atoms with Gasteiger partial charge in [0.1, 0.15) is 5.82 Å². The zero-order valence-electron chi connectivity index (χ0n) is 14.8. The van der Waals surface area contributed by atoms with Gasteiger partial charge in [-0.2, -0.15) is 0 Å². The second-order valence-corrected chi connectivity index (χ2v) is 8.60. The molecule has 0 amide bonds. The van der Waals surface area contributed by atoms with Crippen molar-refractivity contribution >= 4 is 55.7 Å². The maximum Gasteiger partial charge on any atom is 0.191 e. The first kappa shape index (κ1) is 23.8. The molecule has 2 aromatic rings. The number of halogens is 3. The van der Waals surface area contributed by atoms with Crippen LogP contribution < -0.4 is 10.6 Å². The summed E-state index contributed by atoms with van der Waals surface area (Å²) in [6.07, 6.45) is 0.635. The van der Waals surface area contributed by atoms with Crippen molar-refractivity contribution in [2.24, 2.45) is 4.99 Å². The minimum atomic E-state index is -3.36. The van der Waals surface area contributed by atoms with Gasteiger partial charge in [-0.25, -0.2) is 12.8 Å². The van der Waals surface area contributed by atoms with Crippen LogP contribution in [0.15, 0.2) is 62.9 Å². The predicted molar refractivity (Wildman–Crippen MR) is 121 cm³/mol. The SMILES string of the molecule is CN=C(NCCc1cccc(F)c1)NCCS(=O)(=O)c1ccc(Br)cc1.I. The molecule has 5 nitrogen and oxygen atoms in total. The van der Waals surface area contributed by atoms with E-state index in [0.717, 1.165) is 10.0 Å². The smallest absolute Gasteiger partial charge is 0.191 e. The van der Waals surface area contributed by atoms with Crippen molar-refractivity contribution in [1.82, 2.24) is 10.6 Å². The molecule has 0 fully saturated rings. The third-order valence-electron chi connectivity index (χ3n) is 3.65. The zero-order valence-corrected chi connectivity index (χ0v) is 19.5. The molecule has 2 aromatic carbocycles.